The summed E-state index contributed by atoms with van der Waals surface area (Å²) in [7, 11) is 0. The number of rotatable bonds is 2. The van der Waals surface area contributed by atoms with Crippen LogP contribution in [0.1, 0.15) is 20.3 Å². The summed E-state index contributed by atoms with van der Waals surface area (Å²) in [6.07, 6.45) is 0.0833. The number of carbonyl (C=O) groups is 2. The molecule has 0 aromatic rings. The molecule has 0 aliphatic heterocycles. The van der Waals surface area contributed by atoms with Crippen LogP contribution in [0.4, 0.5) is 9.63 Å². The quantitative estimate of drug-likeness (QED) is 0.565. The molecular weight excluding hydrogens is 345 g/mol. The van der Waals surface area contributed by atoms with Crippen molar-refractivity contribution in [1.29, 1.82) is 0 Å². The van der Waals surface area contributed by atoms with Gasteiger partial charge in [0.15, 0.2) is 0 Å². The van der Waals surface area contributed by atoms with Crippen LogP contribution in [-0.2, 0) is 9.59 Å². The molecule has 0 aliphatic carbocycles. The third-order valence-electron chi connectivity index (χ3n) is 0.498. The van der Waals surface area contributed by atoms with E-state index in [0.717, 1.165) is 0 Å². The molecule has 0 unspecified atom stereocenters. The molecule has 0 aromatic carbocycles. The summed E-state index contributed by atoms with van der Waals surface area (Å²) in [5.74, 6) is -0.125. The monoisotopic (exact) mass is 353 g/mol. The first-order valence-corrected chi connectivity index (χ1v) is 11.6. The van der Waals surface area contributed by atoms with E-state index in [2.05, 4.69) is 0 Å². The molecule has 2 nitrogen and oxygen atoms in total. The van der Waals surface area contributed by atoms with Gasteiger partial charge < -0.3 is 0 Å². The number of carbonyl (C=O) groups excluding carboxylic acids is 2. The van der Waals surface area contributed by atoms with Gasteiger partial charge in [-0.15, -0.1) is 0 Å². The second-order valence-corrected chi connectivity index (χ2v) is 10.6. The second-order valence-electron chi connectivity index (χ2n) is 2.82. The number of hydrogen-bond acceptors (Lipinski definition) is 2. The van der Waals surface area contributed by atoms with Crippen molar-refractivity contribution in [1.82, 2.24) is 0 Å². The third-order valence-corrected chi connectivity index (χ3v) is 0.498. The Balaban J connectivity index is 0. The summed E-state index contributed by atoms with van der Waals surface area (Å²) in [5.41, 5.74) is 0. The van der Waals surface area contributed by atoms with Gasteiger partial charge in [-0.25, -0.2) is 0 Å². The molecule has 0 saturated heterocycles. The van der Waals surface area contributed by atoms with Gasteiger partial charge in [-0.1, -0.05) is 0 Å². The Labute approximate surface area is 79.7 Å². The predicted molar refractivity (Wildman–Crippen MR) is 32.6 cm³/mol. The molecule has 14 heavy (non-hydrogen) atoms. The normalized spacial score (nSPS) is 15.7. The van der Waals surface area contributed by atoms with E-state index in [1.165, 1.54) is 13.8 Å². The summed E-state index contributed by atoms with van der Waals surface area (Å²) < 4.78 is 59.7. The van der Waals surface area contributed by atoms with E-state index in [1.807, 2.05) is 0 Å². The molecule has 0 N–H and O–H groups in total. The minimum atomic E-state index is -11.4. The van der Waals surface area contributed by atoms with Crippen LogP contribution in [0.5, 0.6) is 0 Å². The van der Waals surface area contributed by atoms with Crippen LogP contribution < -0.4 is 0 Å². The first-order valence-electron chi connectivity index (χ1n) is 3.42. The van der Waals surface area contributed by atoms with E-state index < -0.39 is 28.9 Å². The van der Waals surface area contributed by atoms with Crippen molar-refractivity contribution in [2.45, 2.75) is 20.3 Å². The van der Waals surface area contributed by atoms with Crippen molar-refractivity contribution < 1.29 is 48.1 Å². The van der Waals surface area contributed by atoms with Crippen molar-refractivity contribution >= 4 is 11.6 Å². The van der Waals surface area contributed by atoms with Gasteiger partial charge in [-0.05, 0) is 13.8 Å². The fourth-order valence-electron chi connectivity index (χ4n) is 0.351. The summed E-state index contributed by atoms with van der Waals surface area (Å²) in [5, 5.41) is 0. The van der Waals surface area contributed by atoms with Gasteiger partial charge >= 0.3 is 38.5 Å². The van der Waals surface area contributed by atoms with E-state index in [0.29, 0.717) is 0 Å². The topological polar surface area (TPSA) is 34.1 Å². The predicted octanol–water partition coefficient (Wildman–Crippen LogP) is 3.08. The van der Waals surface area contributed by atoms with Gasteiger partial charge in [-0.2, -0.15) is 0 Å². The first kappa shape index (κ1) is 16.5. The zero-order chi connectivity index (χ0) is 12.3. The molecule has 0 atom stereocenters. The molecular formula is C5H8F6LaO2. The van der Waals surface area contributed by atoms with Gasteiger partial charge in [0.2, 0.25) is 0 Å². The fourth-order valence-corrected chi connectivity index (χ4v) is 0.351. The van der Waals surface area contributed by atoms with Gasteiger partial charge in [0.05, 0.1) is 6.42 Å². The summed E-state index contributed by atoms with van der Waals surface area (Å²) in [6, 6.07) is 0. The summed E-state index contributed by atoms with van der Waals surface area (Å²) in [4.78, 5) is 20.1. The number of ketones is 2. The van der Waals surface area contributed by atoms with Crippen LogP contribution in [0.25, 0.3) is 0 Å². The maximum absolute atomic E-state index is 11.4. The third kappa shape index (κ3) is 88.4. The molecule has 0 saturated carbocycles. The van der Waals surface area contributed by atoms with E-state index in [4.69, 9.17) is 0 Å². The van der Waals surface area contributed by atoms with Crippen LogP contribution >= 0.6 is 0 Å². The molecule has 9 heteroatoms. The van der Waals surface area contributed by atoms with Gasteiger partial charge in [-0.3, -0.25) is 9.59 Å². The van der Waals surface area contributed by atoms with Crippen LogP contribution in [0.15, 0.2) is 0 Å². The average Bonchev–Trinajstić information content (AvgIpc) is 1.46. The summed E-state index contributed by atoms with van der Waals surface area (Å²) >= 11 is -11.4. The molecule has 0 aromatic heterocycles. The molecule has 85 valence electrons. The zero-order valence-corrected chi connectivity index (χ0v) is 11.0. The Morgan fingerprint density at radius 2 is 1.00 bits per heavy atom. The Hall–Kier alpha value is 0.115. The van der Waals surface area contributed by atoms with Crippen LogP contribution in [0, 0.1) is 28.9 Å². The van der Waals surface area contributed by atoms with E-state index in [9.17, 15) is 19.2 Å². The standard InChI is InChI=1S/C5H8O2.6FH.La/c1-4(6)3-5(2)7;;;;;;;/h3H2,1-2H3;6*1H;/q;;;;;;;+6/p-6. The Morgan fingerprint density at radius 3 is 1.00 bits per heavy atom. The SMILES string of the molecule is CC(=O)CC(C)=O.[F][La]([F])([F])([F])([F])[F]. The molecule has 0 rings (SSSR count). The second kappa shape index (κ2) is 3.94. The van der Waals surface area contributed by atoms with Crippen molar-refractivity contribution in [3.8, 4) is 0 Å². The van der Waals surface area contributed by atoms with Crippen LogP contribution in [0.3, 0.4) is 0 Å². The van der Waals surface area contributed by atoms with Gasteiger partial charge in [0.1, 0.15) is 11.6 Å². The minimum absolute atomic E-state index is 0.0625. The van der Waals surface area contributed by atoms with Crippen molar-refractivity contribution in [2.75, 3.05) is 0 Å². The molecule has 0 fully saturated rings. The van der Waals surface area contributed by atoms with Gasteiger partial charge in [0, 0.05) is 0 Å². The Kier molecular flexibility index (Phi) is 4.65. The van der Waals surface area contributed by atoms with E-state index >= 15 is 0 Å². The molecule has 0 spiro atoms. The number of halogens is 6. The van der Waals surface area contributed by atoms with Gasteiger partial charge in [0.25, 0.3) is 0 Å². The van der Waals surface area contributed by atoms with Crippen molar-refractivity contribution in [3.05, 3.63) is 0 Å². The Morgan fingerprint density at radius 1 is 0.857 bits per heavy atom. The molecule has 0 bridgehead atoms. The summed E-state index contributed by atoms with van der Waals surface area (Å²) in [6.45, 7) is 2.81. The van der Waals surface area contributed by atoms with Crippen molar-refractivity contribution in [2.24, 2.45) is 0 Å². The van der Waals surface area contributed by atoms with E-state index in [1.54, 1.807) is 0 Å². The van der Waals surface area contributed by atoms with Crippen LogP contribution in [-0.4, -0.2) is 11.6 Å². The maximum atomic E-state index is 10.0. The Bertz CT molecular complexity index is 215. The zero-order valence-electron chi connectivity index (χ0n) is 7.37. The molecule has 0 aliphatic rings. The molecule has 0 heterocycles. The number of Topliss-reactive ketones (excluding diaryl/α,β-unsaturated/α-hetero) is 2. The molecule has 0 radical (unpaired) electrons. The van der Waals surface area contributed by atoms with Crippen LogP contribution in [0.2, 0.25) is 0 Å². The number of hydrogen-bond donors (Lipinski definition) is 0. The first-order chi connectivity index (χ1) is 5.58. The fraction of sp³-hybridized carbons (Fsp3) is 0.600. The molecule has 0 amide bonds. The van der Waals surface area contributed by atoms with Crippen molar-refractivity contribution in [3.63, 3.8) is 0 Å². The van der Waals surface area contributed by atoms with E-state index in [-0.39, 0.29) is 18.0 Å². The average molecular weight is 353 g/mol.